The lowest BCUT2D eigenvalue weighted by molar-refractivity contribution is -0.136. The highest BCUT2D eigenvalue weighted by Crippen LogP contribution is 2.55. The highest BCUT2D eigenvalue weighted by molar-refractivity contribution is 9.10. The Labute approximate surface area is 147 Å². The number of amides is 1. The lowest BCUT2D eigenvalue weighted by Gasteiger charge is -2.58. The standard InChI is InChI=1S/C18H20BrF2NO2/c19-12-1-2-13(14(5-12)16(20)21)17(23)22-15-10-3-9-4-11(15)8-18(24,6-9)7-10/h1-2,5,9-11,15-16,24H,3-4,6-8H2,(H,22,23). The molecule has 4 fully saturated rings. The van der Waals surface area contributed by atoms with E-state index in [1.807, 2.05) is 0 Å². The summed E-state index contributed by atoms with van der Waals surface area (Å²) in [7, 11) is 0. The molecule has 4 aliphatic rings. The summed E-state index contributed by atoms with van der Waals surface area (Å²) in [4.78, 5) is 12.6. The van der Waals surface area contributed by atoms with E-state index >= 15 is 0 Å². The molecule has 0 radical (unpaired) electrons. The van der Waals surface area contributed by atoms with E-state index in [-0.39, 0.29) is 29.0 Å². The Hall–Kier alpha value is -1.01. The van der Waals surface area contributed by atoms with Gasteiger partial charge >= 0.3 is 0 Å². The predicted octanol–water partition coefficient (Wildman–Crippen LogP) is 4.06. The molecule has 4 saturated carbocycles. The molecule has 4 aliphatic carbocycles. The van der Waals surface area contributed by atoms with Gasteiger partial charge in [-0.05, 0) is 68.1 Å². The summed E-state index contributed by atoms with van der Waals surface area (Å²) in [6.45, 7) is 0. The van der Waals surface area contributed by atoms with Crippen molar-refractivity contribution in [2.45, 2.75) is 50.2 Å². The van der Waals surface area contributed by atoms with Crippen LogP contribution in [0.15, 0.2) is 22.7 Å². The molecule has 0 aromatic heterocycles. The van der Waals surface area contributed by atoms with Crippen LogP contribution in [0.25, 0.3) is 0 Å². The summed E-state index contributed by atoms with van der Waals surface area (Å²) in [6.07, 6.45) is 1.66. The average molecular weight is 400 g/mol. The molecule has 2 atom stereocenters. The second kappa shape index (κ2) is 5.77. The van der Waals surface area contributed by atoms with E-state index in [9.17, 15) is 18.7 Å². The average Bonchev–Trinajstić information content (AvgIpc) is 2.48. The lowest BCUT2D eigenvalue weighted by atomic mass is 9.52. The fourth-order valence-corrected chi connectivity index (χ4v) is 5.75. The fourth-order valence-electron chi connectivity index (χ4n) is 5.37. The SMILES string of the molecule is O=C(NC1C2CC3CC1CC(O)(C3)C2)c1ccc(Br)cc1C(F)F. The molecule has 2 unspecified atom stereocenters. The van der Waals surface area contributed by atoms with Crippen LogP contribution in [-0.4, -0.2) is 22.7 Å². The van der Waals surface area contributed by atoms with Crippen LogP contribution in [0.1, 0.15) is 54.5 Å². The molecule has 4 bridgehead atoms. The summed E-state index contributed by atoms with van der Waals surface area (Å²) in [5.41, 5.74) is -0.770. The Balaban J connectivity index is 1.55. The van der Waals surface area contributed by atoms with E-state index in [4.69, 9.17) is 0 Å². The number of rotatable bonds is 3. The first-order valence-electron chi connectivity index (χ1n) is 8.45. The molecule has 2 N–H and O–H groups in total. The number of hydrogen-bond donors (Lipinski definition) is 2. The van der Waals surface area contributed by atoms with Crippen molar-refractivity contribution in [3.63, 3.8) is 0 Å². The molecular formula is C18H20BrF2NO2. The Bertz CT molecular complexity index is 665. The number of hydrogen-bond acceptors (Lipinski definition) is 2. The molecule has 6 heteroatoms. The van der Waals surface area contributed by atoms with Crippen LogP contribution >= 0.6 is 15.9 Å². The van der Waals surface area contributed by atoms with Gasteiger partial charge < -0.3 is 10.4 Å². The van der Waals surface area contributed by atoms with Crippen LogP contribution in [0, 0.1) is 17.8 Å². The molecule has 130 valence electrons. The minimum Gasteiger partial charge on any atom is -0.390 e. The van der Waals surface area contributed by atoms with Crippen molar-refractivity contribution < 1.29 is 18.7 Å². The molecule has 5 rings (SSSR count). The normalized spacial score (nSPS) is 37.0. The van der Waals surface area contributed by atoms with Gasteiger partial charge in [-0.3, -0.25) is 4.79 Å². The third-order valence-corrected chi connectivity index (χ3v) is 6.53. The molecule has 0 heterocycles. The smallest absolute Gasteiger partial charge is 0.264 e. The van der Waals surface area contributed by atoms with E-state index in [0.717, 1.165) is 19.3 Å². The minimum atomic E-state index is -2.69. The number of alkyl halides is 2. The van der Waals surface area contributed by atoms with Crippen LogP contribution in [0.5, 0.6) is 0 Å². The summed E-state index contributed by atoms with van der Waals surface area (Å²) in [5, 5.41) is 13.6. The highest BCUT2D eigenvalue weighted by atomic mass is 79.9. The number of carbonyl (C=O) groups excluding carboxylic acids is 1. The van der Waals surface area contributed by atoms with Gasteiger partial charge in [-0.1, -0.05) is 15.9 Å². The minimum absolute atomic E-state index is 0.0107. The number of benzene rings is 1. The van der Waals surface area contributed by atoms with E-state index in [1.165, 1.54) is 12.1 Å². The zero-order valence-electron chi connectivity index (χ0n) is 13.1. The van der Waals surface area contributed by atoms with Gasteiger partial charge in [0.25, 0.3) is 12.3 Å². The van der Waals surface area contributed by atoms with Gasteiger partial charge in [-0.25, -0.2) is 8.78 Å². The van der Waals surface area contributed by atoms with Gasteiger partial charge in [0, 0.05) is 21.6 Å². The van der Waals surface area contributed by atoms with Crippen molar-refractivity contribution in [1.82, 2.24) is 5.32 Å². The van der Waals surface area contributed by atoms with Crippen LogP contribution in [0.4, 0.5) is 8.78 Å². The Morgan fingerprint density at radius 2 is 1.92 bits per heavy atom. The van der Waals surface area contributed by atoms with Gasteiger partial charge in [-0.15, -0.1) is 0 Å². The Kier molecular flexibility index (Phi) is 3.95. The van der Waals surface area contributed by atoms with Gasteiger partial charge in [0.1, 0.15) is 0 Å². The first-order valence-corrected chi connectivity index (χ1v) is 9.25. The van der Waals surface area contributed by atoms with Crippen molar-refractivity contribution in [3.05, 3.63) is 33.8 Å². The summed E-state index contributed by atoms with van der Waals surface area (Å²) < 4.78 is 27.0. The first kappa shape index (κ1) is 16.5. The fraction of sp³-hybridized carbons (Fsp3) is 0.611. The monoisotopic (exact) mass is 399 g/mol. The van der Waals surface area contributed by atoms with Crippen molar-refractivity contribution in [2.24, 2.45) is 17.8 Å². The third-order valence-electron chi connectivity index (χ3n) is 6.03. The van der Waals surface area contributed by atoms with Gasteiger partial charge in [0.15, 0.2) is 0 Å². The Morgan fingerprint density at radius 3 is 2.50 bits per heavy atom. The first-order chi connectivity index (χ1) is 11.3. The van der Waals surface area contributed by atoms with E-state index in [0.29, 0.717) is 23.2 Å². The maximum absolute atomic E-state index is 13.3. The number of halogens is 3. The van der Waals surface area contributed by atoms with Crippen LogP contribution in [0.2, 0.25) is 0 Å². The van der Waals surface area contributed by atoms with Crippen LogP contribution in [0.3, 0.4) is 0 Å². The van der Waals surface area contributed by atoms with Gasteiger partial charge in [0.05, 0.1) is 5.60 Å². The third kappa shape index (κ3) is 2.77. The molecule has 24 heavy (non-hydrogen) atoms. The van der Waals surface area contributed by atoms with Crippen molar-refractivity contribution in [1.29, 1.82) is 0 Å². The van der Waals surface area contributed by atoms with Crippen LogP contribution < -0.4 is 5.32 Å². The van der Waals surface area contributed by atoms with Crippen LogP contribution in [-0.2, 0) is 0 Å². The molecule has 1 aromatic carbocycles. The summed E-state index contributed by atoms with van der Waals surface area (Å²) in [6, 6.07) is 4.35. The predicted molar refractivity (Wildman–Crippen MR) is 88.9 cm³/mol. The van der Waals surface area contributed by atoms with Crippen molar-refractivity contribution >= 4 is 21.8 Å². The molecule has 1 aromatic rings. The Morgan fingerprint density at radius 1 is 1.25 bits per heavy atom. The van der Waals surface area contributed by atoms with Gasteiger partial charge in [0.2, 0.25) is 0 Å². The van der Waals surface area contributed by atoms with Gasteiger partial charge in [-0.2, -0.15) is 0 Å². The topological polar surface area (TPSA) is 49.3 Å². The number of carbonyl (C=O) groups is 1. The second-order valence-corrected chi connectivity index (χ2v) is 8.64. The zero-order chi connectivity index (χ0) is 17.1. The largest absolute Gasteiger partial charge is 0.390 e. The zero-order valence-corrected chi connectivity index (χ0v) is 14.7. The highest BCUT2D eigenvalue weighted by Gasteiger charge is 2.55. The summed E-state index contributed by atoms with van der Waals surface area (Å²) >= 11 is 3.18. The summed E-state index contributed by atoms with van der Waals surface area (Å²) in [5.74, 6) is 0.638. The van der Waals surface area contributed by atoms with E-state index in [2.05, 4.69) is 21.2 Å². The molecule has 3 nitrogen and oxygen atoms in total. The molecule has 1 amide bonds. The molecule has 0 spiro atoms. The molecule has 0 saturated heterocycles. The van der Waals surface area contributed by atoms with E-state index < -0.39 is 17.9 Å². The van der Waals surface area contributed by atoms with E-state index in [1.54, 1.807) is 6.07 Å². The maximum atomic E-state index is 13.3. The number of nitrogens with one attached hydrogen (secondary N) is 1. The maximum Gasteiger partial charge on any atom is 0.264 e. The van der Waals surface area contributed by atoms with Crippen molar-refractivity contribution in [2.75, 3.05) is 0 Å². The quantitative estimate of drug-likeness (QED) is 0.804. The molecular weight excluding hydrogens is 380 g/mol. The van der Waals surface area contributed by atoms with Crippen molar-refractivity contribution in [3.8, 4) is 0 Å². The lowest BCUT2D eigenvalue weighted by Crippen LogP contribution is -2.61. The second-order valence-electron chi connectivity index (χ2n) is 7.73. The number of aliphatic hydroxyl groups is 1. The molecule has 0 aliphatic heterocycles.